The first-order valence-corrected chi connectivity index (χ1v) is 16.0. The van der Waals surface area contributed by atoms with Crippen LogP contribution >= 0.6 is 0 Å². The van der Waals surface area contributed by atoms with Crippen molar-refractivity contribution in [1.29, 1.82) is 0 Å². The van der Waals surface area contributed by atoms with Gasteiger partial charge >= 0.3 is 0 Å². The van der Waals surface area contributed by atoms with E-state index in [1.54, 1.807) is 18.0 Å². The van der Waals surface area contributed by atoms with Crippen LogP contribution in [-0.4, -0.2) is 61.4 Å². The Hall–Kier alpha value is -3.68. The summed E-state index contributed by atoms with van der Waals surface area (Å²) in [6.07, 6.45) is 5.58. The third-order valence-electron chi connectivity index (χ3n) is 8.36. The van der Waals surface area contributed by atoms with Crippen molar-refractivity contribution < 1.29 is 26.3 Å². The number of benzene rings is 2. The molecule has 0 radical (unpaired) electrons. The molecule has 4 aromatic rings. The standard InChI is InChI=1S/C31H37F3N6O3S/c1-18(2)40-30-22(19-9-11-20(12-10-19)39(3)13-14-43-4)17-36-31(35)28(30)29(37-40)21-15-25(34)26(16-24(21)33)38-44(41,42)27-8-6-5-7-23(27)32/h5-8,15-20,38H,9-14H2,1-4H3,(H2,35,36)/t19-,20-. The number of hydrogen-bond acceptors (Lipinski definition) is 7. The molecule has 2 aromatic heterocycles. The van der Waals surface area contributed by atoms with E-state index >= 15 is 8.78 Å². The molecule has 1 fully saturated rings. The Kier molecular flexibility index (Phi) is 9.19. The number of nitrogen functional groups attached to an aromatic ring is 1. The van der Waals surface area contributed by atoms with Crippen LogP contribution in [-0.2, 0) is 14.8 Å². The highest BCUT2D eigenvalue weighted by Gasteiger charge is 2.30. The first kappa shape index (κ1) is 31.7. The number of hydrogen-bond donors (Lipinski definition) is 2. The van der Waals surface area contributed by atoms with E-state index < -0.39 is 38.1 Å². The fraction of sp³-hybridized carbons (Fsp3) is 0.419. The molecule has 0 amide bonds. The third-order valence-corrected chi connectivity index (χ3v) is 9.76. The van der Waals surface area contributed by atoms with Crippen molar-refractivity contribution in [3.05, 3.63) is 65.6 Å². The van der Waals surface area contributed by atoms with Crippen LogP contribution in [0.5, 0.6) is 0 Å². The van der Waals surface area contributed by atoms with E-state index in [2.05, 4.69) is 16.9 Å². The number of ether oxygens (including phenoxy) is 1. The van der Waals surface area contributed by atoms with E-state index in [-0.39, 0.29) is 29.0 Å². The predicted molar refractivity (Wildman–Crippen MR) is 164 cm³/mol. The van der Waals surface area contributed by atoms with Crippen molar-refractivity contribution in [2.24, 2.45) is 0 Å². The van der Waals surface area contributed by atoms with E-state index in [1.807, 2.05) is 18.6 Å². The van der Waals surface area contributed by atoms with Gasteiger partial charge in [-0.15, -0.1) is 0 Å². The second-order valence-corrected chi connectivity index (χ2v) is 13.2. The lowest BCUT2D eigenvalue weighted by molar-refractivity contribution is 0.120. The highest BCUT2D eigenvalue weighted by molar-refractivity contribution is 7.92. The van der Waals surface area contributed by atoms with Crippen molar-refractivity contribution in [3.8, 4) is 11.3 Å². The number of rotatable bonds is 10. The number of aromatic nitrogens is 3. The van der Waals surface area contributed by atoms with E-state index in [0.717, 1.165) is 67.6 Å². The number of sulfonamides is 1. The number of nitrogens with two attached hydrogens (primary N) is 1. The first-order valence-electron chi connectivity index (χ1n) is 14.6. The molecular formula is C31H37F3N6O3S. The molecule has 0 atom stereocenters. The summed E-state index contributed by atoms with van der Waals surface area (Å²) >= 11 is 0. The Bertz CT molecular complexity index is 1770. The van der Waals surface area contributed by atoms with Crippen LogP contribution in [0.1, 0.15) is 57.1 Å². The molecule has 3 N–H and O–H groups in total. The molecule has 5 rings (SSSR count). The topological polar surface area (TPSA) is 115 Å². The molecule has 0 spiro atoms. The monoisotopic (exact) mass is 630 g/mol. The lowest BCUT2D eigenvalue weighted by Crippen LogP contribution is -2.36. The summed E-state index contributed by atoms with van der Waals surface area (Å²) in [6, 6.07) is 6.54. The predicted octanol–water partition coefficient (Wildman–Crippen LogP) is 6.08. The number of methoxy groups -OCH3 is 1. The summed E-state index contributed by atoms with van der Waals surface area (Å²) in [5.41, 5.74) is 7.29. The fourth-order valence-corrected chi connectivity index (χ4v) is 7.13. The summed E-state index contributed by atoms with van der Waals surface area (Å²) in [6.45, 7) is 5.41. The number of nitrogens with zero attached hydrogens (tertiary/aromatic N) is 4. The summed E-state index contributed by atoms with van der Waals surface area (Å²) in [7, 11) is -0.729. The molecule has 9 nitrogen and oxygen atoms in total. The average molecular weight is 631 g/mol. The molecule has 13 heteroatoms. The Morgan fingerprint density at radius 3 is 2.45 bits per heavy atom. The van der Waals surface area contributed by atoms with Gasteiger partial charge in [0.05, 0.1) is 23.2 Å². The summed E-state index contributed by atoms with van der Waals surface area (Å²) in [4.78, 5) is 6.09. The van der Waals surface area contributed by atoms with E-state index in [0.29, 0.717) is 18.0 Å². The van der Waals surface area contributed by atoms with Gasteiger partial charge < -0.3 is 15.4 Å². The second kappa shape index (κ2) is 12.7. The van der Waals surface area contributed by atoms with Gasteiger partial charge in [-0.2, -0.15) is 5.10 Å². The summed E-state index contributed by atoms with van der Waals surface area (Å²) in [5.74, 6) is -2.71. The molecule has 1 saturated carbocycles. The zero-order chi connectivity index (χ0) is 31.8. The van der Waals surface area contributed by atoms with Gasteiger partial charge in [0.1, 0.15) is 33.9 Å². The molecule has 1 aliphatic carbocycles. The number of likely N-dealkylation sites (N-methyl/N-ethyl adjacent to an activating group) is 1. The van der Waals surface area contributed by atoms with Gasteiger partial charge in [0.15, 0.2) is 0 Å². The quantitative estimate of drug-likeness (QED) is 0.218. The highest BCUT2D eigenvalue weighted by atomic mass is 32.2. The number of nitrogens with one attached hydrogen (secondary N) is 1. The molecule has 0 unspecified atom stereocenters. The smallest absolute Gasteiger partial charge is 0.264 e. The largest absolute Gasteiger partial charge is 0.383 e. The normalized spacial score (nSPS) is 17.6. The number of fused-ring (bicyclic) bond motifs is 1. The van der Waals surface area contributed by atoms with Gasteiger partial charge in [0, 0.05) is 43.6 Å². The van der Waals surface area contributed by atoms with Crippen molar-refractivity contribution >= 4 is 32.4 Å². The number of pyridine rings is 1. The average Bonchev–Trinajstić information content (AvgIpc) is 3.40. The molecule has 2 aromatic carbocycles. The van der Waals surface area contributed by atoms with Crippen LogP contribution in [0.3, 0.4) is 0 Å². The minimum atomic E-state index is -4.53. The zero-order valence-electron chi connectivity index (χ0n) is 25.1. The molecule has 0 bridgehead atoms. The Morgan fingerprint density at radius 2 is 1.80 bits per heavy atom. The first-order chi connectivity index (χ1) is 20.9. The lowest BCUT2D eigenvalue weighted by Gasteiger charge is -2.35. The number of anilines is 2. The fourth-order valence-electron chi connectivity index (χ4n) is 5.99. The van der Waals surface area contributed by atoms with Gasteiger partial charge in [-0.3, -0.25) is 9.40 Å². The van der Waals surface area contributed by atoms with Crippen LogP contribution in [0.15, 0.2) is 47.5 Å². The van der Waals surface area contributed by atoms with Crippen LogP contribution in [0, 0.1) is 17.5 Å². The molecule has 2 heterocycles. The SMILES string of the molecule is COCCN(C)[C@H]1CC[C@H](c2cnc(N)c3c(-c4cc(F)c(NS(=O)(=O)c5ccccc5F)cc4F)nn(C(C)C)c32)CC1. The van der Waals surface area contributed by atoms with Crippen molar-refractivity contribution in [2.45, 2.75) is 62.4 Å². The maximum Gasteiger partial charge on any atom is 0.264 e. The zero-order valence-corrected chi connectivity index (χ0v) is 26.0. The van der Waals surface area contributed by atoms with E-state index in [1.165, 1.54) is 12.1 Å². The molecule has 0 aliphatic heterocycles. The van der Waals surface area contributed by atoms with Crippen molar-refractivity contribution in [3.63, 3.8) is 0 Å². The second-order valence-electron chi connectivity index (χ2n) is 11.5. The minimum absolute atomic E-state index is 0.105. The molecule has 44 heavy (non-hydrogen) atoms. The van der Waals surface area contributed by atoms with Crippen LogP contribution in [0.4, 0.5) is 24.7 Å². The van der Waals surface area contributed by atoms with Crippen LogP contribution in [0.25, 0.3) is 22.2 Å². The van der Waals surface area contributed by atoms with Crippen LogP contribution in [0.2, 0.25) is 0 Å². The third kappa shape index (κ3) is 6.13. The lowest BCUT2D eigenvalue weighted by atomic mass is 9.81. The minimum Gasteiger partial charge on any atom is -0.383 e. The van der Waals surface area contributed by atoms with Crippen molar-refractivity contribution in [2.75, 3.05) is 37.8 Å². The van der Waals surface area contributed by atoms with Gasteiger partial charge in [0.2, 0.25) is 0 Å². The highest BCUT2D eigenvalue weighted by Crippen LogP contribution is 2.42. The maximum absolute atomic E-state index is 15.7. The summed E-state index contributed by atoms with van der Waals surface area (Å²) < 4.78 is 79.7. The molecular weight excluding hydrogens is 593 g/mol. The Morgan fingerprint density at radius 1 is 1.09 bits per heavy atom. The number of halogens is 3. The van der Waals surface area contributed by atoms with E-state index in [4.69, 9.17) is 15.6 Å². The Balaban J connectivity index is 1.52. The van der Waals surface area contributed by atoms with Gasteiger partial charge in [-0.1, -0.05) is 12.1 Å². The molecule has 236 valence electrons. The van der Waals surface area contributed by atoms with Crippen LogP contribution < -0.4 is 10.5 Å². The van der Waals surface area contributed by atoms with E-state index in [9.17, 15) is 12.8 Å². The van der Waals surface area contributed by atoms with Gasteiger partial charge in [-0.25, -0.2) is 26.6 Å². The van der Waals surface area contributed by atoms with Gasteiger partial charge in [-0.05, 0) is 76.3 Å². The van der Waals surface area contributed by atoms with Gasteiger partial charge in [0.25, 0.3) is 10.0 Å². The Labute approximate surface area is 255 Å². The maximum atomic E-state index is 15.7. The molecule has 0 saturated heterocycles. The van der Waals surface area contributed by atoms with Crippen molar-refractivity contribution in [1.82, 2.24) is 19.7 Å². The summed E-state index contributed by atoms with van der Waals surface area (Å²) in [5, 5.41) is 5.11. The molecule has 1 aliphatic rings.